The molecule has 28 heavy (non-hydrogen) atoms. The van der Waals surface area contributed by atoms with Gasteiger partial charge >= 0.3 is 5.97 Å². The van der Waals surface area contributed by atoms with Gasteiger partial charge in [0.15, 0.2) is 0 Å². The van der Waals surface area contributed by atoms with Crippen LogP contribution in [-0.4, -0.2) is 33.3 Å². The summed E-state index contributed by atoms with van der Waals surface area (Å²) in [6, 6.07) is 14.4. The summed E-state index contributed by atoms with van der Waals surface area (Å²) in [5.74, 6) is -0.359. The van der Waals surface area contributed by atoms with Gasteiger partial charge in [0.1, 0.15) is 0 Å². The quantitative estimate of drug-likeness (QED) is 0.447. The van der Waals surface area contributed by atoms with E-state index in [-0.39, 0.29) is 11.7 Å². The standard InChI is InChI=1S/C21H24ClNO4S/c1-3-27-21(24)14-9-17-5-7-18(8-6-17)15-16-23(28(25,26)4-2)20-12-10-19(22)11-13-20/h5-14H,3-4,15-16H2,1-2H3. The molecule has 0 unspecified atom stereocenters. The lowest BCUT2D eigenvalue weighted by Crippen LogP contribution is -2.34. The van der Waals surface area contributed by atoms with Crippen LogP contribution in [0.2, 0.25) is 5.02 Å². The highest BCUT2D eigenvalue weighted by molar-refractivity contribution is 7.92. The highest BCUT2D eigenvalue weighted by Crippen LogP contribution is 2.22. The fraction of sp³-hybridized carbons (Fsp3) is 0.286. The van der Waals surface area contributed by atoms with Gasteiger partial charge in [0, 0.05) is 17.6 Å². The third-order valence-electron chi connectivity index (χ3n) is 4.10. The Labute approximate surface area is 171 Å². The lowest BCUT2D eigenvalue weighted by molar-refractivity contribution is -0.137. The van der Waals surface area contributed by atoms with Crippen molar-refractivity contribution in [3.05, 3.63) is 70.8 Å². The Bertz CT molecular complexity index is 906. The molecule has 0 bridgehead atoms. The number of benzene rings is 2. The minimum Gasteiger partial charge on any atom is -0.463 e. The van der Waals surface area contributed by atoms with Crippen LogP contribution in [0.3, 0.4) is 0 Å². The molecule has 2 aromatic rings. The van der Waals surface area contributed by atoms with Gasteiger partial charge in [-0.2, -0.15) is 0 Å². The van der Waals surface area contributed by atoms with Gasteiger partial charge < -0.3 is 4.74 Å². The highest BCUT2D eigenvalue weighted by atomic mass is 35.5. The summed E-state index contributed by atoms with van der Waals surface area (Å²) < 4.78 is 31.3. The molecule has 0 spiro atoms. The van der Waals surface area contributed by atoms with Crippen LogP contribution in [0.15, 0.2) is 54.6 Å². The van der Waals surface area contributed by atoms with Gasteiger partial charge in [0.2, 0.25) is 10.0 Å². The van der Waals surface area contributed by atoms with Crippen LogP contribution >= 0.6 is 11.6 Å². The van der Waals surface area contributed by atoms with Crippen molar-refractivity contribution in [2.24, 2.45) is 0 Å². The highest BCUT2D eigenvalue weighted by Gasteiger charge is 2.20. The second kappa shape index (κ2) is 10.3. The Morgan fingerprint density at radius 2 is 1.71 bits per heavy atom. The largest absolute Gasteiger partial charge is 0.463 e. The van der Waals surface area contributed by atoms with Crippen LogP contribution < -0.4 is 4.31 Å². The van der Waals surface area contributed by atoms with Gasteiger partial charge in [-0.3, -0.25) is 4.31 Å². The summed E-state index contributed by atoms with van der Waals surface area (Å²) in [5.41, 5.74) is 2.46. The molecule has 2 aromatic carbocycles. The molecular formula is C21H24ClNO4S. The molecule has 0 heterocycles. The van der Waals surface area contributed by atoms with Crippen LogP contribution in [0.5, 0.6) is 0 Å². The summed E-state index contributed by atoms with van der Waals surface area (Å²) >= 11 is 5.91. The predicted octanol–water partition coefficient (Wildman–Crippen LogP) is 4.32. The molecule has 0 radical (unpaired) electrons. The van der Waals surface area contributed by atoms with Gasteiger partial charge in [-0.25, -0.2) is 13.2 Å². The number of carbonyl (C=O) groups excluding carboxylic acids is 1. The molecule has 0 aromatic heterocycles. The number of anilines is 1. The van der Waals surface area contributed by atoms with Crippen molar-refractivity contribution < 1.29 is 17.9 Å². The van der Waals surface area contributed by atoms with E-state index in [0.29, 0.717) is 30.3 Å². The Hall–Kier alpha value is -2.31. The number of rotatable bonds is 9. The SMILES string of the molecule is CCOC(=O)C=Cc1ccc(CCN(c2ccc(Cl)cc2)S(=O)(=O)CC)cc1. The first-order valence-corrected chi connectivity index (χ1v) is 11.0. The fourth-order valence-corrected chi connectivity index (χ4v) is 3.82. The predicted molar refractivity (Wildman–Crippen MR) is 114 cm³/mol. The first-order chi connectivity index (χ1) is 13.4. The van der Waals surface area contributed by atoms with Gasteiger partial charge in [-0.15, -0.1) is 0 Å². The van der Waals surface area contributed by atoms with E-state index in [0.717, 1.165) is 11.1 Å². The van der Waals surface area contributed by atoms with Crippen molar-refractivity contribution in [2.45, 2.75) is 20.3 Å². The van der Waals surface area contributed by atoms with Gasteiger partial charge in [-0.1, -0.05) is 35.9 Å². The molecule has 0 fully saturated rings. The van der Waals surface area contributed by atoms with Crippen LogP contribution in [0.4, 0.5) is 5.69 Å². The molecule has 2 rings (SSSR count). The van der Waals surface area contributed by atoms with E-state index in [9.17, 15) is 13.2 Å². The molecule has 0 amide bonds. The first kappa shape index (κ1) is 22.0. The summed E-state index contributed by atoms with van der Waals surface area (Å²) in [6.07, 6.45) is 3.63. The van der Waals surface area contributed by atoms with Crippen molar-refractivity contribution in [1.82, 2.24) is 0 Å². The van der Waals surface area contributed by atoms with Gasteiger partial charge in [-0.05, 0) is 61.7 Å². The molecule has 150 valence electrons. The second-order valence-corrected chi connectivity index (χ2v) is 8.64. The Kier molecular flexibility index (Phi) is 8.08. The van der Waals surface area contributed by atoms with Crippen molar-refractivity contribution in [3.8, 4) is 0 Å². The van der Waals surface area contributed by atoms with E-state index >= 15 is 0 Å². The monoisotopic (exact) mass is 421 g/mol. The Morgan fingerprint density at radius 1 is 1.07 bits per heavy atom. The average molecular weight is 422 g/mol. The lowest BCUT2D eigenvalue weighted by Gasteiger charge is -2.24. The van der Waals surface area contributed by atoms with E-state index < -0.39 is 10.0 Å². The van der Waals surface area contributed by atoms with Crippen LogP contribution in [-0.2, 0) is 26.0 Å². The van der Waals surface area contributed by atoms with Gasteiger partial charge in [0.25, 0.3) is 0 Å². The Balaban J connectivity index is 2.08. The smallest absolute Gasteiger partial charge is 0.330 e. The summed E-state index contributed by atoms with van der Waals surface area (Å²) in [4.78, 5) is 11.4. The molecule has 5 nitrogen and oxygen atoms in total. The number of nitrogens with zero attached hydrogens (tertiary/aromatic N) is 1. The zero-order chi connectivity index (χ0) is 20.6. The number of halogens is 1. The van der Waals surface area contributed by atoms with Crippen molar-refractivity contribution in [2.75, 3.05) is 23.2 Å². The number of ether oxygens (including phenoxy) is 1. The zero-order valence-corrected chi connectivity index (χ0v) is 17.5. The molecule has 0 saturated heterocycles. The number of hydrogen-bond donors (Lipinski definition) is 0. The summed E-state index contributed by atoms with van der Waals surface area (Å²) in [6.45, 7) is 4.05. The normalized spacial score (nSPS) is 11.5. The number of hydrogen-bond acceptors (Lipinski definition) is 4. The van der Waals surface area contributed by atoms with E-state index in [1.807, 2.05) is 24.3 Å². The molecule has 0 aliphatic carbocycles. The zero-order valence-electron chi connectivity index (χ0n) is 16.0. The fourth-order valence-electron chi connectivity index (χ4n) is 2.57. The lowest BCUT2D eigenvalue weighted by atomic mass is 10.1. The minimum atomic E-state index is -3.40. The number of sulfonamides is 1. The molecule has 0 aliphatic heterocycles. The van der Waals surface area contributed by atoms with Crippen molar-refractivity contribution >= 4 is 39.4 Å². The average Bonchev–Trinajstić information content (AvgIpc) is 2.69. The van der Waals surface area contributed by atoms with Crippen LogP contribution in [0.1, 0.15) is 25.0 Å². The number of carbonyl (C=O) groups is 1. The maximum Gasteiger partial charge on any atom is 0.330 e. The van der Waals surface area contributed by atoms with Gasteiger partial charge in [0.05, 0.1) is 18.0 Å². The van der Waals surface area contributed by atoms with E-state index in [2.05, 4.69) is 0 Å². The minimum absolute atomic E-state index is 0.0211. The molecule has 0 aliphatic rings. The molecule has 7 heteroatoms. The topological polar surface area (TPSA) is 63.7 Å². The Morgan fingerprint density at radius 3 is 2.29 bits per heavy atom. The second-order valence-electron chi connectivity index (χ2n) is 6.03. The van der Waals surface area contributed by atoms with Crippen LogP contribution in [0.25, 0.3) is 6.08 Å². The van der Waals surface area contributed by atoms with Crippen molar-refractivity contribution in [3.63, 3.8) is 0 Å². The molecule has 0 N–H and O–H groups in total. The van der Waals surface area contributed by atoms with E-state index in [4.69, 9.17) is 16.3 Å². The maximum atomic E-state index is 12.5. The van der Waals surface area contributed by atoms with Crippen LogP contribution in [0, 0.1) is 0 Å². The molecule has 0 atom stereocenters. The first-order valence-electron chi connectivity index (χ1n) is 9.05. The van der Waals surface area contributed by atoms with Crippen molar-refractivity contribution in [1.29, 1.82) is 0 Å². The summed E-state index contributed by atoms with van der Waals surface area (Å²) in [5, 5.41) is 0.559. The summed E-state index contributed by atoms with van der Waals surface area (Å²) in [7, 11) is -3.40. The number of esters is 1. The van der Waals surface area contributed by atoms with E-state index in [1.54, 1.807) is 44.2 Å². The third kappa shape index (κ3) is 6.39. The van der Waals surface area contributed by atoms with E-state index in [1.165, 1.54) is 10.4 Å². The third-order valence-corrected chi connectivity index (χ3v) is 6.14. The molecule has 0 saturated carbocycles. The molecular weight excluding hydrogens is 398 g/mol. The maximum absolute atomic E-state index is 12.5.